The smallest absolute Gasteiger partial charge is 0.276 e. The van der Waals surface area contributed by atoms with E-state index in [0.717, 1.165) is 28.0 Å². The molecule has 2 aromatic heterocycles. The van der Waals surface area contributed by atoms with Crippen molar-refractivity contribution in [3.05, 3.63) is 71.2 Å². The zero-order valence-corrected chi connectivity index (χ0v) is 18.7. The van der Waals surface area contributed by atoms with Crippen molar-refractivity contribution in [1.82, 2.24) is 15.3 Å². The Hall–Kier alpha value is -3.78. The summed E-state index contributed by atoms with van der Waals surface area (Å²) in [6.07, 6.45) is 0. The number of amides is 2. The highest BCUT2D eigenvalue weighted by atomic mass is 32.1. The third-order valence-electron chi connectivity index (χ3n) is 4.98. The Kier molecular flexibility index (Phi) is 6.13. The molecule has 4 rings (SSSR count). The lowest BCUT2D eigenvalue weighted by Crippen LogP contribution is -2.23. The number of pyridine rings is 1. The first-order chi connectivity index (χ1) is 15.4. The van der Waals surface area contributed by atoms with Crippen LogP contribution in [0.4, 0.5) is 5.13 Å². The SMILES string of the molecule is COc1ccc2nc(C(=O)Nc3nc(-c4ccc([C@H](C)NC(C)=O)cc4)cs3)ccc2c1. The number of hydrogen-bond donors (Lipinski definition) is 2. The average molecular weight is 447 g/mol. The second kappa shape index (κ2) is 9.15. The third kappa shape index (κ3) is 4.76. The molecule has 0 radical (unpaired) electrons. The van der Waals surface area contributed by atoms with E-state index >= 15 is 0 Å². The van der Waals surface area contributed by atoms with Gasteiger partial charge in [-0.1, -0.05) is 30.3 Å². The summed E-state index contributed by atoms with van der Waals surface area (Å²) in [5, 5.41) is 8.97. The second-order valence-electron chi connectivity index (χ2n) is 7.29. The van der Waals surface area contributed by atoms with E-state index in [1.165, 1.54) is 18.3 Å². The first kappa shape index (κ1) is 21.5. The van der Waals surface area contributed by atoms with Gasteiger partial charge >= 0.3 is 0 Å². The number of fused-ring (bicyclic) bond motifs is 1. The summed E-state index contributed by atoms with van der Waals surface area (Å²) in [5.41, 5.74) is 3.73. The fraction of sp³-hybridized carbons (Fsp3) is 0.167. The average Bonchev–Trinajstić information content (AvgIpc) is 3.26. The van der Waals surface area contributed by atoms with Crippen molar-refractivity contribution in [1.29, 1.82) is 0 Å². The summed E-state index contributed by atoms with van der Waals surface area (Å²) >= 11 is 1.35. The molecule has 32 heavy (non-hydrogen) atoms. The summed E-state index contributed by atoms with van der Waals surface area (Å²) in [7, 11) is 1.61. The van der Waals surface area contributed by atoms with E-state index in [9.17, 15) is 9.59 Å². The molecular formula is C24H22N4O3S. The Morgan fingerprint density at radius 2 is 1.81 bits per heavy atom. The number of aromatic nitrogens is 2. The number of carbonyl (C=O) groups is 2. The molecule has 2 aromatic carbocycles. The van der Waals surface area contributed by atoms with Crippen molar-refractivity contribution in [2.24, 2.45) is 0 Å². The fourth-order valence-corrected chi connectivity index (χ4v) is 4.03. The van der Waals surface area contributed by atoms with E-state index in [0.29, 0.717) is 16.3 Å². The molecule has 162 valence electrons. The van der Waals surface area contributed by atoms with Crippen LogP contribution in [0.3, 0.4) is 0 Å². The van der Waals surface area contributed by atoms with Crippen LogP contribution in [0, 0.1) is 0 Å². The molecule has 7 nitrogen and oxygen atoms in total. The fourth-order valence-electron chi connectivity index (χ4n) is 3.31. The molecule has 0 spiro atoms. The van der Waals surface area contributed by atoms with Crippen molar-refractivity contribution in [2.75, 3.05) is 12.4 Å². The number of rotatable bonds is 6. The predicted molar refractivity (Wildman–Crippen MR) is 126 cm³/mol. The molecule has 0 aliphatic heterocycles. The lowest BCUT2D eigenvalue weighted by molar-refractivity contribution is -0.119. The maximum Gasteiger partial charge on any atom is 0.276 e. The van der Waals surface area contributed by atoms with Crippen molar-refractivity contribution < 1.29 is 14.3 Å². The van der Waals surface area contributed by atoms with Crippen molar-refractivity contribution >= 4 is 39.2 Å². The molecule has 8 heteroatoms. The lowest BCUT2D eigenvalue weighted by atomic mass is 10.1. The van der Waals surface area contributed by atoms with Crippen LogP contribution in [-0.2, 0) is 4.79 Å². The maximum atomic E-state index is 12.7. The van der Waals surface area contributed by atoms with Gasteiger partial charge in [-0.05, 0) is 36.8 Å². The van der Waals surface area contributed by atoms with E-state index < -0.39 is 0 Å². The van der Waals surface area contributed by atoms with Crippen LogP contribution < -0.4 is 15.4 Å². The Labute approximate surface area is 189 Å². The van der Waals surface area contributed by atoms with E-state index in [2.05, 4.69) is 20.6 Å². The van der Waals surface area contributed by atoms with Crippen LogP contribution in [0.2, 0.25) is 0 Å². The topological polar surface area (TPSA) is 93.2 Å². The molecule has 0 fully saturated rings. The van der Waals surface area contributed by atoms with Gasteiger partial charge in [-0.3, -0.25) is 14.9 Å². The highest BCUT2D eigenvalue weighted by Gasteiger charge is 2.13. The summed E-state index contributed by atoms with van der Waals surface area (Å²) in [6, 6.07) is 16.8. The van der Waals surface area contributed by atoms with Gasteiger partial charge in [-0.15, -0.1) is 11.3 Å². The number of nitrogens with zero attached hydrogens (tertiary/aromatic N) is 2. The molecule has 1 atom stereocenters. The van der Waals surface area contributed by atoms with E-state index in [-0.39, 0.29) is 17.9 Å². The van der Waals surface area contributed by atoms with E-state index in [1.807, 2.05) is 60.8 Å². The van der Waals surface area contributed by atoms with Gasteiger partial charge in [0.05, 0.1) is 24.4 Å². The van der Waals surface area contributed by atoms with E-state index in [1.54, 1.807) is 13.2 Å². The largest absolute Gasteiger partial charge is 0.497 e. The number of carbonyl (C=O) groups excluding carboxylic acids is 2. The van der Waals surface area contributed by atoms with Crippen molar-refractivity contribution in [3.63, 3.8) is 0 Å². The molecule has 2 N–H and O–H groups in total. The second-order valence-corrected chi connectivity index (χ2v) is 8.15. The molecule has 2 heterocycles. The molecule has 0 aliphatic carbocycles. The lowest BCUT2D eigenvalue weighted by Gasteiger charge is -2.13. The van der Waals surface area contributed by atoms with Crippen LogP contribution in [-0.4, -0.2) is 28.9 Å². The van der Waals surface area contributed by atoms with Gasteiger partial charge in [0, 0.05) is 23.3 Å². The molecule has 0 saturated carbocycles. The molecule has 0 bridgehead atoms. The number of benzene rings is 2. The zero-order valence-electron chi connectivity index (χ0n) is 17.9. The Bertz CT molecular complexity index is 1280. The minimum Gasteiger partial charge on any atom is -0.497 e. The summed E-state index contributed by atoms with van der Waals surface area (Å²) in [6.45, 7) is 3.44. The predicted octanol–water partition coefficient (Wildman–Crippen LogP) is 4.82. The number of methoxy groups -OCH3 is 1. The Morgan fingerprint density at radius 1 is 1.03 bits per heavy atom. The number of hydrogen-bond acceptors (Lipinski definition) is 6. The van der Waals surface area contributed by atoms with Crippen LogP contribution >= 0.6 is 11.3 Å². The van der Waals surface area contributed by atoms with Gasteiger partial charge in [-0.25, -0.2) is 9.97 Å². The Balaban J connectivity index is 1.46. The summed E-state index contributed by atoms with van der Waals surface area (Å²) in [4.78, 5) is 32.9. The normalized spacial score (nSPS) is 11.7. The molecule has 2 amide bonds. The van der Waals surface area contributed by atoms with Crippen LogP contribution in [0.5, 0.6) is 5.75 Å². The summed E-state index contributed by atoms with van der Waals surface area (Å²) < 4.78 is 5.22. The third-order valence-corrected chi connectivity index (χ3v) is 5.74. The molecule has 0 saturated heterocycles. The highest BCUT2D eigenvalue weighted by Crippen LogP contribution is 2.27. The standard InChI is InChI=1S/C24H22N4O3S/c1-14(25-15(2)29)16-4-6-17(7-5-16)22-13-32-24(27-22)28-23(30)21-10-8-18-12-19(31-3)9-11-20(18)26-21/h4-14H,1-3H3,(H,25,29)(H,27,28,30)/t14-/m0/s1. The number of ether oxygens (including phenoxy) is 1. The van der Waals surface area contributed by atoms with Gasteiger partial charge in [0.15, 0.2) is 5.13 Å². The van der Waals surface area contributed by atoms with Gasteiger partial charge in [0.2, 0.25) is 5.91 Å². The van der Waals surface area contributed by atoms with Gasteiger partial charge < -0.3 is 10.1 Å². The highest BCUT2D eigenvalue weighted by molar-refractivity contribution is 7.14. The van der Waals surface area contributed by atoms with E-state index in [4.69, 9.17) is 4.74 Å². The first-order valence-corrected chi connectivity index (χ1v) is 10.9. The monoisotopic (exact) mass is 446 g/mol. The van der Waals surface area contributed by atoms with Crippen molar-refractivity contribution in [2.45, 2.75) is 19.9 Å². The van der Waals surface area contributed by atoms with Gasteiger partial charge in [0.25, 0.3) is 5.91 Å². The number of thiazole rings is 1. The molecule has 4 aromatic rings. The number of nitrogens with one attached hydrogen (secondary N) is 2. The molecule has 0 aliphatic rings. The minimum atomic E-state index is -0.317. The van der Waals surface area contributed by atoms with Crippen LogP contribution in [0.15, 0.2) is 60.0 Å². The van der Waals surface area contributed by atoms with Crippen LogP contribution in [0.25, 0.3) is 22.2 Å². The summed E-state index contributed by atoms with van der Waals surface area (Å²) in [5.74, 6) is 0.356. The quantitative estimate of drug-likeness (QED) is 0.443. The van der Waals surface area contributed by atoms with Crippen molar-refractivity contribution in [3.8, 4) is 17.0 Å². The molecule has 0 unspecified atom stereocenters. The van der Waals surface area contributed by atoms with Gasteiger partial charge in [-0.2, -0.15) is 0 Å². The Morgan fingerprint density at radius 3 is 2.53 bits per heavy atom. The first-order valence-electron chi connectivity index (χ1n) is 10.0. The number of anilines is 1. The van der Waals surface area contributed by atoms with Crippen LogP contribution in [0.1, 0.15) is 35.9 Å². The minimum absolute atomic E-state index is 0.0672. The molecular weight excluding hydrogens is 424 g/mol. The maximum absolute atomic E-state index is 12.7. The zero-order chi connectivity index (χ0) is 22.7. The van der Waals surface area contributed by atoms with Gasteiger partial charge in [0.1, 0.15) is 11.4 Å².